The Balaban J connectivity index is 2.72. The second kappa shape index (κ2) is 8.10. The van der Waals surface area contributed by atoms with Crippen molar-refractivity contribution in [2.24, 2.45) is 0 Å². The molecule has 0 amide bonds. The number of carbonyl (C=O) groups is 3. The first-order chi connectivity index (χ1) is 12.9. The number of rotatable bonds is 6. The molecule has 0 atom stereocenters. The molecule has 0 aromatic heterocycles. The molecule has 0 bridgehead atoms. The Morgan fingerprint density at radius 3 is 1.29 bits per heavy atom. The van der Waals surface area contributed by atoms with Gasteiger partial charge in [0.05, 0.1) is 6.16 Å². The van der Waals surface area contributed by atoms with Crippen molar-refractivity contribution in [1.29, 1.82) is 0 Å². The van der Waals surface area contributed by atoms with Crippen LogP contribution >= 0.6 is 6.04 Å². The van der Waals surface area contributed by atoms with Gasteiger partial charge in [0.1, 0.15) is 6.04 Å². The SMILES string of the molecule is Cc1cc(C)c(C(=O)P(=S)(CC(=O)O)C(=O)c2c(C)cc(C)cc2C)c(C)c1. The van der Waals surface area contributed by atoms with Crippen molar-refractivity contribution in [3.05, 3.63) is 68.8 Å². The van der Waals surface area contributed by atoms with E-state index in [1.165, 1.54) is 0 Å². The highest BCUT2D eigenvalue weighted by Crippen LogP contribution is 2.53. The van der Waals surface area contributed by atoms with Gasteiger partial charge in [0.2, 0.25) is 11.0 Å². The standard InChI is InChI=1S/C22H25O4PS/c1-12-7-14(3)19(15(4)8-12)21(25)27(28,11-18(23)24)22(26)20-16(5)9-13(2)10-17(20)6/h7-10H,11H2,1-6H3,(H,23,24). The fourth-order valence-electron chi connectivity index (χ4n) is 3.82. The quantitative estimate of drug-likeness (QED) is 0.665. The lowest BCUT2D eigenvalue weighted by atomic mass is 10.0. The van der Waals surface area contributed by atoms with E-state index in [1.807, 2.05) is 38.1 Å². The van der Waals surface area contributed by atoms with Crippen LogP contribution in [-0.2, 0) is 16.6 Å². The zero-order chi connectivity index (χ0) is 21.4. The van der Waals surface area contributed by atoms with Crippen LogP contribution in [0.2, 0.25) is 0 Å². The normalized spacial score (nSPS) is 11.4. The first-order valence-electron chi connectivity index (χ1n) is 8.94. The molecule has 1 N–H and O–H groups in total. The van der Waals surface area contributed by atoms with Gasteiger partial charge in [-0.05, 0) is 63.8 Å². The van der Waals surface area contributed by atoms with Gasteiger partial charge in [0.15, 0.2) is 0 Å². The summed E-state index contributed by atoms with van der Waals surface area (Å²) in [5, 5.41) is 9.46. The molecule has 6 heteroatoms. The molecule has 0 aliphatic rings. The van der Waals surface area contributed by atoms with Crippen LogP contribution < -0.4 is 0 Å². The maximum absolute atomic E-state index is 13.5. The molecule has 28 heavy (non-hydrogen) atoms. The lowest BCUT2D eigenvalue weighted by molar-refractivity contribution is -0.134. The summed E-state index contributed by atoms with van der Waals surface area (Å²) in [6, 6.07) is 3.84. The Morgan fingerprint density at radius 2 is 1.04 bits per heavy atom. The van der Waals surface area contributed by atoms with E-state index >= 15 is 0 Å². The Labute approximate surface area is 171 Å². The third-order valence-corrected chi connectivity index (χ3v) is 8.65. The molecule has 0 unspecified atom stereocenters. The zero-order valence-corrected chi connectivity index (χ0v) is 18.8. The lowest BCUT2D eigenvalue weighted by Gasteiger charge is -2.22. The molecule has 0 aliphatic carbocycles. The lowest BCUT2D eigenvalue weighted by Crippen LogP contribution is -2.20. The second-order valence-electron chi connectivity index (χ2n) is 7.45. The maximum Gasteiger partial charge on any atom is 0.309 e. The molecule has 0 heterocycles. The van der Waals surface area contributed by atoms with Crippen LogP contribution in [0, 0.1) is 41.5 Å². The van der Waals surface area contributed by atoms with Crippen LogP contribution in [0.5, 0.6) is 0 Å². The molecule has 2 aromatic carbocycles. The van der Waals surface area contributed by atoms with Crippen LogP contribution in [-0.4, -0.2) is 28.3 Å². The Bertz CT molecular complexity index is 933. The number of carbonyl (C=O) groups excluding carboxylic acids is 2. The molecule has 4 nitrogen and oxygen atoms in total. The third kappa shape index (κ3) is 4.16. The Morgan fingerprint density at radius 1 is 0.750 bits per heavy atom. The molecule has 0 saturated heterocycles. The molecule has 2 aromatic rings. The van der Waals surface area contributed by atoms with Crippen molar-refractivity contribution in [1.82, 2.24) is 0 Å². The van der Waals surface area contributed by atoms with E-state index in [1.54, 1.807) is 27.7 Å². The van der Waals surface area contributed by atoms with Crippen LogP contribution in [0.1, 0.15) is 54.1 Å². The first kappa shape index (κ1) is 22.2. The number of carboxylic acid groups (broad SMARTS) is 1. The van der Waals surface area contributed by atoms with Gasteiger partial charge in [-0.15, -0.1) is 0 Å². The summed E-state index contributed by atoms with van der Waals surface area (Å²) in [6.07, 6.45) is -0.625. The predicted octanol–water partition coefficient (Wildman–Crippen LogP) is 5.08. The minimum atomic E-state index is -3.58. The van der Waals surface area contributed by atoms with Crippen molar-refractivity contribution in [3.63, 3.8) is 0 Å². The molecule has 0 saturated carbocycles. The summed E-state index contributed by atoms with van der Waals surface area (Å²) in [5.41, 5.74) is 4.59. The van der Waals surface area contributed by atoms with E-state index in [-0.39, 0.29) is 0 Å². The minimum absolute atomic E-state index is 0.381. The van der Waals surface area contributed by atoms with Crippen LogP contribution in [0.25, 0.3) is 0 Å². The number of hydrogen-bond acceptors (Lipinski definition) is 4. The fourth-order valence-corrected chi connectivity index (χ4v) is 6.98. The van der Waals surface area contributed by atoms with Gasteiger partial charge in [-0.3, -0.25) is 14.4 Å². The predicted molar refractivity (Wildman–Crippen MR) is 117 cm³/mol. The van der Waals surface area contributed by atoms with Gasteiger partial charge >= 0.3 is 5.97 Å². The van der Waals surface area contributed by atoms with Crippen molar-refractivity contribution in [2.75, 3.05) is 6.16 Å². The third-order valence-electron chi connectivity index (χ3n) is 4.80. The van der Waals surface area contributed by atoms with Gasteiger partial charge in [-0.1, -0.05) is 47.2 Å². The molecule has 2 rings (SSSR count). The number of hydrogen-bond donors (Lipinski definition) is 1. The molecule has 0 fully saturated rings. The molecule has 0 radical (unpaired) electrons. The summed E-state index contributed by atoms with van der Waals surface area (Å²) >= 11 is 5.62. The van der Waals surface area contributed by atoms with E-state index in [0.717, 1.165) is 11.1 Å². The Kier molecular flexibility index (Phi) is 6.42. The zero-order valence-electron chi connectivity index (χ0n) is 17.0. The van der Waals surface area contributed by atoms with Crippen molar-refractivity contribution in [3.8, 4) is 0 Å². The fraction of sp³-hybridized carbons (Fsp3) is 0.318. The van der Waals surface area contributed by atoms with E-state index in [2.05, 4.69) is 0 Å². The van der Waals surface area contributed by atoms with Crippen molar-refractivity contribution in [2.45, 2.75) is 41.5 Å². The number of aliphatic carboxylic acids is 1. The Hall–Kier alpha value is -2.10. The van der Waals surface area contributed by atoms with E-state index in [4.69, 9.17) is 11.8 Å². The van der Waals surface area contributed by atoms with Crippen molar-refractivity contribution >= 4 is 34.9 Å². The monoisotopic (exact) mass is 416 g/mol. The average molecular weight is 416 g/mol. The highest BCUT2D eigenvalue weighted by atomic mass is 32.4. The maximum atomic E-state index is 13.5. The van der Waals surface area contributed by atoms with E-state index in [0.29, 0.717) is 33.4 Å². The van der Waals surface area contributed by atoms with Gasteiger partial charge in [0, 0.05) is 11.1 Å². The summed E-state index contributed by atoms with van der Waals surface area (Å²) < 4.78 is 0. The van der Waals surface area contributed by atoms with Gasteiger partial charge < -0.3 is 5.11 Å². The van der Waals surface area contributed by atoms with Crippen LogP contribution in [0.15, 0.2) is 24.3 Å². The van der Waals surface area contributed by atoms with E-state index in [9.17, 15) is 19.5 Å². The number of carboxylic acids is 1. The van der Waals surface area contributed by atoms with Gasteiger partial charge in [-0.25, -0.2) is 0 Å². The smallest absolute Gasteiger partial charge is 0.309 e. The number of benzene rings is 2. The topological polar surface area (TPSA) is 71.4 Å². The summed E-state index contributed by atoms with van der Waals surface area (Å²) in [5.74, 6) is -1.23. The van der Waals surface area contributed by atoms with E-state index < -0.39 is 29.2 Å². The minimum Gasteiger partial charge on any atom is -0.481 e. The first-order valence-corrected chi connectivity index (χ1v) is 11.9. The largest absolute Gasteiger partial charge is 0.481 e. The van der Waals surface area contributed by atoms with Crippen LogP contribution in [0.3, 0.4) is 0 Å². The van der Waals surface area contributed by atoms with Crippen molar-refractivity contribution < 1.29 is 19.5 Å². The highest BCUT2D eigenvalue weighted by molar-refractivity contribution is 8.31. The average Bonchev–Trinajstić information content (AvgIpc) is 2.51. The molecule has 148 valence electrons. The molecular formula is C22H25O4PS. The highest BCUT2D eigenvalue weighted by Gasteiger charge is 2.40. The van der Waals surface area contributed by atoms with Gasteiger partial charge in [0.25, 0.3) is 0 Å². The molecular weight excluding hydrogens is 391 g/mol. The molecule has 0 aliphatic heterocycles. The number of aryl methyl sites for hydroxylation is 6. The second-order valence-corrected chi connectivity index (χ2v) is 11.9. The molecule has 0 spiro atoms. The summed E-state index contributed by atoms with van der Waals surface area (Å²) in [4.78, 5) is 38.6. The summed E-state index contributed by atoms with van der Waals surface area (Å²) in [7, 11) is 0. The van der Waals surface area contributed by atoms with Gasteiger partial charge in [-0.2, -0.15) is 0 Å². The summed E-state index contributed by atoms with van der Waals surface area (Å²) in [6.45, 7) is 11.0. The van der Waals surface area contributed by atoms with Crippen LogP contribution in [0.4, 0.5) is 0 Å².